The number of carbonyl (C=O) groups excluding carboxylic acids is 3. The summed E-state index contributed by atoms with van der Waals surface area (Å²) in [7, 11) is 0. The van der Waals surface area contributed by atoms with Crippen LogP contribution in [0, 0.1) is 0 Å². The number of aromatic amines is 1. The normalized spacial score (nSPS) is 13.0. The van der Waals surface area contributed by atoms with Crippen LogP contribution in [-0.4, -0.2) is 39.2 Å². The van der Waals surface area contributed by atoms with Gasteiger partial charge in [0.05, 0.1) is 10.9 Å². The standard InChI is InChI=1S/C25H18ClN3O5/c26-15-9-10-16-19(12-15)27-20(28-23(16)31)13-34-21(30)8-3-11-29-24(32)17-6-1-4-14-5-2-7-18(22(14)17)25(29)33/h1-2,4-7,9-10,12H,3,8,11,13H2,(H,27,28,31). The van der Waals surface area contributed by atoms with Crippen LogP contribution < -0.4 is 5.56 Å². The second kappa shape index (κ2) is 8.72. The Morgan fingerprint density at radius 2 is 1.71 bits per heavy atom. The van der Waals surface area contributed by atoms with E-state index in [4.69, 9.17) is 16.3 Å². The van der Waals surface area contributed by atoms with Crippen molar-refractivity contribution in [1.29, 1.82) is 0 Å². The number of fused-ring (bicyclic) bond motifs is 1. The van der Waals surface area contributed by atoms with Crippen molar-refractivity contribution < 1.29 is 19.1 Å². The summed E-state index contributed by atoms with van der Waals surface area (Å²) >= 11 is 5.95. The molecule has 0 saturated heterocycles. The molecule has 2 amide bonds. The van der Waals surface area contributed by atoms with Gasteiger partial charge in [0.25, 0.3) is 17.4 Å². The summed E-state index contributed by atoms with van der Waals surface area (Å²) in [6, 6.07) is 15.4. The SMILES string of the molecule is O=C(CCCN1C(=O)c2cccc3cccc(c23)C1=O)OCc1nc2cc(Cl)ccc2c(=O)[nH]1. The molecular weight excluding hydrogens is 458 g/mol. The first-order valence-electron chi connectivity index (χ1n) is 10.6. The third kappa shape index (κ3) is 3.92. The molecule has 34 heavy (non-hydrogen) atoms. The van der Waals surface area contributed by atoms with Crippen LogP contribution in [0.3, 0.4) is 0 Å². The maximum Gasteiger partial charge on any atom is 0.306 e. The van der Waals surface area contributed by atoms with E-state index >= 15 is 0 Å². The van der Waals surface area contributed by atoms with E-state index in [2.05, 4.69) is 9.97 Å². The zero-order valence-corrected chi connectivity index (χ0v) is 18.6. The summed E-state index contributed by atoms with van der Waals surface area (Å²) in [5, 5.41) is 2.32. The van der Waals surface area contributed by atoms with E-state index in [1.807, 2.05) is 12.1 Å². The van der Waals surface area contributed by atoms with Crippen LogP contribution in [0.5, 0.6) is 0 Å². The minimum absolute atomic E-state index is 0.00739. The van der Waals surface area contributed by atoms with Gasteiger partial charge < -0.3 is 9.72 Å². The average Bonchev–Trinajstić information content (AvgIpc) is 2.83. The topological polar surface area (TPSA) is 109 Å². The molecule has 0 fully saturated rings. The lowest BCUT2D eigenvalue weighted by Crippen LogP contribution is -2.41. The number of amides is 2. The fourth-order valence-corrected chi connectivity index (χ4v) is 4.28. The van der Waals surface area contributed by atoms with Crippen molar-refractivity contribution in [2.75, 3.05) is 6.54 Å². The smallest absolute Gasteiger partial charge is 0.306 e. The van der Waals surface area contributed by atoms with Crippen LogP contribution in [0.15, 0.2) is 59.4 Å². The minimum Gasteiger partial charge on any atom is -0.458 e. The van der Waals surface area contributed by atoms with Crippen LogP contribution in [-0.2, 0) is 16.1 Å². The Bertz CT molecular complexity index is 1490. The Hall–Kier alpha value is -4.04. The first-order chi connectivity index (χ1) is 16.4. The molecule has 5 rings (SSSR count). The third-order valence-electron chi connectivity index (χ3n) is 5.71. The molecule has 2 heterocycles. The number of esters is 1. The van der Waals surface area contributed by atoms with Crippen molar-refractivity contribution >= 4 is 51.1 Å². The molecule has 0 atom stereocenters. The van der Waals surface area contributed by atoms with Crippen molar-refractivity contribution in [3.05, 3.63) is 86.9 Å². The Labute approximate surface area is 198 Å². The molecule has 0 unspecified atom stereocenters. The van der Waals surface area contributed by atoms with Crippen molar-refractivity contribution in [3.8, 4) is 0 Å². The second-order valence-corrected chi connectivity index (χ2v) is 8.35. The number of hydrogen-bond acceptors (Lipinski definition) is 6. The quantitative estimate of drug-likeness (QED) is 0.335. The molecule has 1 aromatic heterocycles. The molecule has 1 aliphatic rings. The Morgan fingerprint density at radius 1 is 1.00 bits per heavy atom. The third-order valence-corrected chi connectivity index (χ3v) is 5.94. The molecular formula is C25H18ClN3O5. The van der Waals surface area contributed by atoms with Crippen molar-refractivity contribution in [3.63, 3.8) is 0 Å². The molecule has 8 nitrogen and oxygen atoms in total. The summed E-state index contributed by atoms with van der Waals surface area (Å²) in [6.07, 6.45) is 0.234. The molecule has 0 radical (unpaired) electrons. The van der Waals surface area contributed by atoms with Gasteiger partial charge in [0.15, 0.2) is 0 Å². The van der Waals surface area contributed by atoms with E-state index in [1.165, 1.54) is 0 Å². The van der Waals surface area contributed by atoms with Crippen LogP contribution in [0.4, 0.5) is 0 Å². The summed E-state index contributed by atoms with van der Waals surface area (Å²) < 4.78 is 5.22. The average molecular weight is 476 g/mol. The van der Waals surface area contributed by atoms with Gasteiger partial charge in [-0.15, -0.1) is 0 Å². The predicted octanol–water partition coefficient (Wildman–Crippen LogP) is 3.85. The van der Waals surface area contributed by atoms with E-state index in [0.29, 0.717) is 32.4 Å². The van der Waals surface area contributed by atoms with Crippen molar-refractivity contribution in [1.82, 2.24) is 14.9 Å². The zero-order chi connectivity index (χ0) is 23.8. The number of ether oxygens (including phenoxy) is 1. The Morgan fingerprint density at radius 3 is 2.41 bits per heavy atom. The molecule has 4 aromatic rings. The highest BCUT2D eigenvalue weighted by molar-refractivity contribution is 6.31. The summed E-state index contributed by atoms with van der Waals surface area (Å²) in [6.45, 7) is -0.130. The lowest BCUT2D eigenvalue weighted by molar-refractivity contribution is -0.145. The number of hydrogen-bond donors (Lipinski definition) is 1. The minimum atomic E-state index is -0.534. The fraction of sp³-hybridized carbons (Fsp3) is 0.160. The number of benzene rings is 3. The Balaban J connectivity index is 1.21. The highest BCUT2D eigenvalue weighted by atomic mass is 35.5. The van der Waals surface area contributed by atoms with Crippen molar-refractivity contribution in [2.45, 2.75) is 19.4 Å². The maximum absolute atomic E-state index is 12.9. The number of carbonyl (C=O) groups is 3. The Kier molecular flexibility index (Phi) is 5.59. The summed E-state index contributed by atoms with van der Waals surface area (Å²) in [4.78, 5) is 58.2. The zero-order valence-electron chi connectivity index (χ0n) is 17.8. The fourth-order valence-electron chi connectivity index (χ4n) is 4.12. The van der Waals surface area contributed by atoms with E-state index in [9.17, 15) is 19.2 Å². The number of halogens is 1. The molecule has 1 aliphatic heterocycles. The van der Waals surface area contributed by atoms with Gasteiger partial charge in [-0.3, -0.25) is 24.1 Å². The van der Waals surface area contributed by atoms with E-state index < -0.39 is 5.97 Å². The number of H-pyrrole nitrogens is 1. The maximum atomic E-state index is 12.9. The predicted molar refractivity (Wildman–Crippen MR) is 126 cm³/mol. The molecule has 1 N–H and O–H groups in total. The van der Waals surface area contributed by atoms with Gasteiger partial charge in [-0.25, -0.2) is 4.98 Å². The lowest BCUT2D eigenvalue weighted by Gasteiger charge is -2.27. The number of nitrogens with zero attached hydrogens (tertiary/aromatic N) is 2. The first-order valence-corrected chi connectivity index (χ1v) is 11.0. The summed E-state index contributed by atoms with van der Waals surface area (Å²) in [5.41, 5.74) is 0.994. The lowest BCUT2D eigenvalue weighted by atomic mass is 9.94. The highest BCUT2D eigenvalue weighted by Crippen LogP contribution is 2.30. The van der Waals surface area contributed by atoms with E-state index in [0.717, 1.165) is 10.3 Å². The van der Waals surface area contributed by atoms with Crippen LogP contribution in [0.1, 0.15) is 39.4 Å². The van der Waals surface area contributed by atoms with Crippen LogP contribution in [0.2, 0.25) is 5.02 Å². The van der Waals surface area contributed by atoms with Gasteiger partial charge in [0, 0.05) is 34.5 Å². The van der Waals surface area contributed by atoms with Crippen LogP contribution in [0.25, 0.3) is 21.7 Å². The van der Waals surface area contributed by atoms with Gasteiger partial charge in [0.2, 0.25) is 0 Å². The van der Waals surface area contributed by atoms with Gasteiger partial charge in [-0.1, -0.05) is 35.9 Å². The number of aromatic nitrogens is 2. The van der Waals surface area contributed by atoms with E-state index in [-0.39, 0.29) is 49.2 Å². The van der Waals surface area contributed by atoms with Gasteiger partial charge in [-0.2, -0.15) is 0 Å². The van der Waals surface area contributed by atoms with Crippen LogP contribution >= 0.6 is 11.6 Å². The number of imide groups is 1. The van der Waals surface area contributed by atoms with Crippen molar-refractivity contribution in [2.24, 2.45) is 0 Å². The monoisotopic (exact) mass is 475 g/mol. The molecule has 0 saturated carbocycles. The molecule has 0 aliphatic carbocycles. The summed E-state index contributed by atoms with van der Waals surface area (Å²) in [5.74, 6) is -1.09. The van der Waals surface area contributed by atoms with Gasteiger partial charge in [0.1, 0.15) is 12.4 Å². The molecule has 170 valence electrons. The van der Waals surface area contributed by atoms with Gasteiger partial charge in [-0.05, 0) is 42.1 Å². The number of rotatable bonds is 6. The molecule has 0 bridgehead atoms. The number of nitrogens with one attached hydrogen (secondary N) is 1. The molecule has 3 aromatic carbocycles. The molecule has 9 heteroatoms. The first kappa shape index (κ1) is 21.8. The molecule has 0 spiro atoms. The van der Waals surface area contributed by atoms with E-state index in [1.54, 1.807) is 42.5 Å². The highest BCUT2D eigenvalue weighted by Gasteiger charge is 2.32. The van der Waals surface area contributed by atoms with Gasteiger partial charge >= 0.3 is 5.97 Å². The second-order valence-electron chi connectivity index (χ2n) is 7.91. The largest absolute Gasteiger partial charge is 0.458 e.